The lowest BCUT2D eigenvalue weighted by atomic mass is 9.88. The molecule has 0 aliphatic carbocycles. The van der Waals surface area contributed by atoms with Crippen molar-refractivity contribution in [1.82, 2.24) is 4.90 Å². The number of likely N-dealkylation sites (tertiary alicyclic amines) is 1. The number of hydrogen-bond donors (Lipinski definition) is 2. The van der Waals surface area contributed by atoms with E-state index in [0.717, 1.165) is 23.6 Å². The number of benzene rings is 2. The first-order chi connectivity index (χ1) is 15.2. The summed E-state index contributed by atoms with van der Waals surface area (Å²) in [7, 11) is 2.22. The predicted octanol–water partition coefficient (Wildman–Crippen LogP) is 4.82. The molecule has 1 aliphatic heterocycles. The van der Waals surface area contributed by atoms with Crippen molar-refractivity contribution in [2.45, 2.75) is 37.8 Å². The van der Waals surface area contributed by atoms with Gasteiger partial charge in [-0.2, -0.15) is 0 Å². The van der Waals surface area contributed by atoms with Gasteiger partial charge in [0.05, 0.1) is 0 Å². The third-order valence-corrected chi connectivity index (χ3v) is 5.85. The van der Waals surface area contributed by atoms with E-state index in [2.05, 4.69) is 55.3 Å². The van der Waals surface area contributed by atoms with Gasteiger partial charge in [0.2, 0.25) is 0 Å². The number of carboxylic acids is 2. The quantitative estimate of drug-likeness (QED) is 0.550. The topological polar surface area (TPSA) is 87.1 Å². The largest absolute Gasteiger partial charge is 0.478 e. The number of aliphatic carboxylic acids is 2. The highest BCUT2D eigenvalue weighted by Crippen LogP contribution is 2.34. The molecule has 2 N–H and O–H groups in total. The predicted molar refractivity (Wildman–Crippen MR) is 125 cm³/mol. The molecule has 0 aromatic heterocycles. The van der Waals surface area contributed by atoms with Crippen LogP contribution in [0, 0.1) is 0 Å². The Morgan fingerprint density at radius 2 is 1.62 bits per heavy atom. The van der Waals surface area contributed by atoms with Crippen LogP contribution in [-0.4, -0.2) is 53.3 Å². The molecule has 0 spiro atoms. The first-order valence-electron chi connectivity index (χ1n) is 10.5. The van der Waals surface area contributed by atoms with Crippen LogP contribution in [0.15, 0.2) is 66.7 Å². The molecule has 1 unspecified atom stereocenters. The Balaban J connectivity index is 0.000000390. The fraction of sp³-hybridized carbons (Fsp3) is 0.360. The lowest BCUT2D eigenvalue weighted by molar-refractivity contribution is -0.134. The summed E-state index contributed by atoms with van der Waals surface area (Å²) in [6.45, 7) is 4.12. The van der Waals surface area contributed by atoms with Crippen LogP contribution in [0.5, 0.6) is 0 Å². The number of carbonyl (C=O) groups is 2. The minimum Gasteiger partial charge on any atom is -0.478 e. The molecule has 0 saturated carbocycles. The van der Waals surface area contributed by atoms with Gasteiger partial charge in [-0.15, -0.1) is 0 Å². The fourth-order valence-corrected chi connectivity index (χ4v) is 3.87. The van der Waals surface area contributed by atoms with Crippen molar-refractivity contribution >= 4 is 23.5 Å². The van der Waals surface area contributed by atoms with E-state index in [1.807, 2.05) is 18.2 Å². The highest BCUT2D eigenvalue weighted by atomic mass is 35.5. The van der Waals surface area contributed by atoms with E-state index < -0.39 is 17.5 Å². The van der Waals surface area contributed by atoms with Crippen LogP contribution in [0.4, 0.5) is 0 Å². The van der Waals surface area contributed by atoms with Crippen molar-refractivity contribution in [3.05, 3.63) is 82.9 Å². The SMILES string of the molecule is CN1CCC[C@@H]1CCOC(C)(c1ccccc1)c1ccc(Cl)cc1.O=C(O)/C=C/C(=O)O. The molecule has 2 atom stereocenters. The highest BCUT2D eigenvalue weighted by molar-refractivity contribution is 6.30. The molecular formula is C25H30ClNO5. The molecule has 0 amide bonds. The van der Waals surface area contributed by atoms with Crippen molar-refractivity contribution in [3.8, 4) is 0 Å². The van der Waals surface area contributed by atoms with E-state index in [-0.39, 0.29) is 0 Å². The van der Waals surface area contributed by atoms with Crippen LogP contribution in [0.1, 0.15) is 37.3 Å². The van der Waals surface area contributed by atoms with Gasteiger partial charge in [-0.25, -0.2) is 9.59 Å². The van der Waals surface area contributed by atoms with E-state index in [0.29, 0.717) is 18.2 Å². The molecule has 32 heavy (non-hydrogen) atoms. The fourth-order valence-electron chi connectivity index (χ4n) is 3.74. The summed E-state index contributed by atoms with van der Waals surface area (Å²) in [5.41, 5.74) is 1.85. The summed E-state index contributed by atoms with van der Waals surface area (Å²) in [5.74, 6) is -2.51. The van der Waals surface area contributed by atoms with E-state index in [1.54, 1.807) is 0 Å². The molecule has 7 heteroatoms. The van der Waals surface area contributed by atoms with E-state index in [1.165, 1.54) is 24.9 Å². The smallest absolute Gasteiger partial charge is 0.328 e. The van der Waals surface area contributed by atoms with Crippen molar-refractivity contribution < 1.29 is 24.5 Å². The van der Waals surface area contributed by atoms with E-state index >= 15 is 0 Å². The zero-order chi connectivity index (χ0) is 23.6. The van der Waals surface area contributed by atoms with Crippen LogP contribution >= 0.6 is 11.6 Å². The molecule has 1 aliphatic rings. The van der Waals surface area contributed by atoms with Crippen LogP contribution in [0.2, 0.25) is 5.02 Å². The average molecular weight is 460 g/mol. The van der Waals surface area contributed by atoms with E-state index in [9.17, 15) is 9.59 Å². The summed E-state index contributed by atoms with van der Waals surface area (Å²) in [6, 6.07) is 19.1. The number of rotatable bonds is 8. The molecule has 1 saturated heterocycles. The second-order valence-corrected chi connectivity index (χ2v) is 8.27. The molecule has 0 radical (unpaired) electrons. The van der Waals surface area contributed by atoms with E-state index in [4.69, 9.17) is 26.6 Å². The lowest BCUT2D eigenvalue weighted by Crippen LogP contribution is -2.31. The molecule has 172 valence electrons. The average Bonchev–Trinajstić information content (AvgIpc) is 3.18. The molecule has 1 fully saturated rings. The monoisotopic (exact) mass is 459 g/mol. The summed E-state index contributed by atoms with van der Waals surface area (Å²) in [6.07, 6.45) is 4.77. The van der Waals surface area contributed by atoms with Crippen LogP contribution < -0.4 is 0 Å². The summed E-state index contributed by atoms with van der Waals surface area (Å²) < 4.78 is 6.48. The molecule has 0 bridgehead atoms. The number of nitrogens with zero attached hydrogens (tertiary/aromatic N) is 1. The Morgan fingerprint density at radius 3 is 2.12 bits per heavy atom. The molecule has 3 rings (SSSR count). The van der Waals surface area contributed by atoms with Gasteiger partial charge in [0.15, 0.2) is 0 Å². The highest BCUT2D eigenvalue weighted by Gasteiger charge is 2.30. The van der Waals surface area contributed by atoms with Gasteiger partial charge in [0.25, 0.3) is 0 Å². The van der Waals surface area contributed by atoms with Gasteiger partial charge in [0, 0.05) is 29.8 Å². The Morgan fingerprint density at radius 1 is 1.06 bits per heavy atom. The van der Waals surface area contributed by atoms with Gasteiger partial charge in [-0.3, -0.25) is 0 Å². The standard InChI is InChI=1S/C21H26ClNO.C4H4O4/c1-21(17-7-4-3-5-8-17,18-10-12-19(22)13-11-18)24-16-14-20-9-6-15-23(20)2;5-3(6)1-2-4(7)8/h3-5,7-8,10-13,20H,6,9,14-16H2,1-2H3;1-2H,(H,5,6)(H,7,8)/b;2-1+/t20-,21?;/m1./s1. The van der Waals surface area contributed by atoms with Crippen LogP contribution in [0.25, 0.3) is 0 Å². The van der Waals surface area contributed by atoms with Crippen molar-refractivity contribution in [2.75, 3.05) is 20.2 Å². The minimum absolute atomic E-state index is 0.455. The maximum absolute atomic E-state index is 9.55. The molecule has 1 heterocycles. The Labute approximate surface area is 194 Å². The van der Waals surface area contributed by atoms with Crippen LogP contribution in [-0.2, 0) is 19.9 Å². The molecule has 2 aromatic rings. The van der Waals surface area contributed by atoms with Gasteiger partial charge < -0.3 is 19.8 Å². The third kappa shape index (κ3) is 7.79. The second-order valence-electron chi connectivity index (χ2n) is 7.83. The Bertz CT molecular complexity index is 884. The summed E-state index contributed by atoms with van der Waals surface area (Å²) in [5, 5.41) is 16.4. The summed E-state index contributed by atoms with van der Waals surface area (Å²) in [4.78, 5) is 21.6. The zero-order valence-corrected chi connectivity index (χ0v) is 19.2. The van der Waals surface area contributed by atoms with Gasteiger partial charge >= 0.3 is 11.9 Å². The van der Waals surface area contributed by atoms with Crippen molar-refractivity contribution in [2.24, 2.45) is 0 Å². The summed E-state index contributed by atoms with van der Waals surface area (Å²) >= 11 is 6.07. The van der Waals surface area contributed by atoms with Crippen molar-refractivity contribution in [3.63, 3.8) is 0 Å². The van der Waals surface area contributed by atoms with Gasteiger partial charge in [-0.1, -0.05) is 54.1 Å². The first-order valence-corrected chi connectivity index (χ1v) is 10.9. The molecule has 6 nitrogen and oxygen atoms in total. The molecular weight excluding hydrogens is 430 g/mol. The molecule has 2 aromatic carbocycles. The zero-order valence-electron chi connectivity index (χ0n) is 18.4. The third-order valence-electron chi connectivity index (χ3n) is 5.60. The Kier molecular flexibility index (Phi) is 9.91. The maximum Gasteiger partial charge on any atom is 0.328 e. The van der Waals surface area contributed by atoms with Crippen LogP contribution in [0.3, 0.4) is 0 Å². The number of halogens is 1. The number of ether oxygens (including phenoxy) is 1. The number of carboxylic acid groups (broad SMARTS) is 2. The van der Waals surface area contributed by atoms with Gasteiger partial charge in [0.1, 0.15) is 5.60 Å². The van der Waals surface area contributed by atoms with Crippen molar-refractivity contribution in [1.29, 1.82) is 0 Å². The minimum atomic E-state index is -1.26. The number of hydrogen-bond acceptors (Lipinski definition) is 4. The Hall–Kier alpha value is -2.67. The maximum atomic E-state index is 9.55. The van der Waals surface area contributed by atoms with Gasteiger partial charge in [-0.05, 0) is 63.0 Å². The normalized spacial score (nSPS) is 18.0. The first kappa shape index (κ1) is 25.6. The lowest BCUT2D eigenvalue weighted by Gasteiger charge is -2.32. The second kappa shape index (κ2) is 12.4.